The molecule has 1 amide bonds. The van der Waals surface area contributed by atoms with Gasteiger partial charge in [0.05, 0.1) is 5.92 Å². The van der Waals surface area contributed by atoms with Gasteiger partial charge in [-0.15, -0.1) is 0 Å². The molecule has 0 N–H and O–H groups in total. The van der Waals surface area contributed by atoms with Crippen LogP contribution in [0.1, 0.15) is 69.7 Å². The van der Waals surface area contributed by atoms with Gasteiger partial charge in [-0.1, -0.05) is 42.7 Å². The lowest BCUT2D eigenvalue weighted by molar-refractivity contribution is 0.0289. The lowest BCUT2D eigenvalue weighted by Gasteiger charge is -2.24. The Kier molecular flexibility index (Phi) is 5.47. The van der Waals surface area contributed by atoms with E-state index in [1.54, 1.807) is 4.90 Å². The van der Waals surface area contributed by atoms with Crippen LogP contribution in [0.2, 0.25) is 5.02 Å². The molecular formula is C20H26ClN3O3. The Hall–Kier alpha value is -2.08. The normalized spacial score (nSPS) is 20.3. The molecule has 0 spiro atoms. The number of amides is 1. The van der Waals surface area contributed by atoms with Crippen LogP contribution in [-0.2, 0) is 4.74 Å². The van der Waals surface area contributed by atoms with Crippen LogP contribution in [0.4, 0.5) is 4.79 Å². The molecule has 2 heterocycles. The summed E-state index contributed by atoms with van der Waals surface area (Å²) in [6.07, 6.45) is -0.333. The van der Waals surface area contributed by atoms with Crippen LogP contribution in [0.3, 0.4) is 0 Å². The van der Waals surface area contributed by atoms with Crippen molar-refractivity contribution in [1.29, 1.82) is 0 Å². The van der Waals surface area contributed by atoms with Crippen LogP contribution in [0, 0.1) is 0 Å². The minimum atomic E-state index is -0.546. The molecule has 1 saturated heterocycles. The summed E-state index contributed by atoms with van der Waals surface area (Å²) in [6.45, 7) is 10.6. The monoisotopic (exact) mass is 391 g/mol. The lowest BCUT2D eigenvalue weighted by atomic mass is 9.89. The standard InChI is InChI=1S/C20H26ClN3O3/c1-12(2)17-22-18(27-23-17)16-11-24(19(25)26-20(3,4)5)10-15(16)13-7-6-8-14(21)9-13/h6-9,12,15-16H,10-11H2,1-5H3. The second-order valence-electron chi connectivity index (χ2n) is 8.30. The fourth-order valence-electron chi connectivity index (χ4n) is 3.24. The first-order valence-electron chi connectivity index (χ1n) is 9.21. The number of aromatic nitrogens is 2. The fourth-order valence-corrected chi connectivity index (χ4v) is 3.44. The van der Waals surface area contributed by atoms with Crippen molar-refractivity contribution in [2.45, 2.75) is 58.0 Å². The zero-order chi connectivity index (χ0) is 19.8. The molecule has 0 bridgehead atoms. The summed E-state index contributed by atoms with van der Waals surface area (Å²) in [4.78, 5) is 18.9. The number of nitrogens with zero attached hydrogens (tertiary/aromatic N) is 3. The highest BCUT2D eigenvalue weighted by molar-refractivity contribution is 6.30. The minimum Gasteiger partial charge on any atom is -0.444 e. The van der Waals surface area contributed by atoms with Gasteiger partial charge in [0.15, 0.2) is 5.82 Å². The van der Waals surface area contributed by atoms with Gasteiger partial charge >= 0.3 is 6.09 Å². The first-order chi connectivity index (χ1) is 12.6. The number of halogens is 1. The van der Waals surface area contributed by atoms with Crippen molar-refractivity contribution in [3.8, 4) is 0 Å². The first-order valence-corrected chi connectivity index (χ1v) is 9.58. The van der Waals surface area contributed by atoms with Crippen LogP contribution in [0.5, 0.6) is 0 Å². The number of likely N-dealkylation sites (tertiary alicyclic amines) is 1. The van der Waals surface area contributed by atoms with Crippen molar-refractivity contribution in [2.24, 2.45) is 0 Å². The number of benzene rings is 1. The first kappa shape index (κ1) is 19.7. The summed E-state index contributed by atoms with van der Waals surface area (Å²) in [7, 11) is 0. The molecule has 7 heteroatoms. The molecule has 0 saturated carbocycles. The number of ether oxygens (including phenoxy) is 1. The molecule has 0 radical (unpaired) electrons. The van der Waals surface area contributed by atoms with E-state index in [4.69, 9.17) is 20.9 Å². The molecule has 6 nitrogen and oxygen atoms in total. The zero-order valence-corrected chi connectivity index (χ0v) is 17.2. The highest BCUT2D eigenvalue weighted by atomic mass is 35.5. The van der Waals surface area contributed by atoms with Crippen LogP contribution in [0.15, 0.2) is 28.8 Å². The van der Waals surface area contributed by atoms with Crippen molar-refractivity contribution in [2.75, 3.05) is 13.1 Å². The molecule has 146 valence electrons. The Bertz CT molecular complexity index is 813. The Morgan fingerprint density at radius 1 is 1.30 bits per heavy atom. The van der Waals surface area contributed by atoms with E-state index in [9.17, 15) is 4.79 Å². The molecule has 2 aromatic rings. The third-order valence-electron chi connectivity index (χ3n) is 4.54. The van der Waals surface area contributed by atoms with Gasteiger partial charge in [0.25, 0.3) is 0 Å². The SMILES string of the molecule is CC(C)c1noc(C2CN(C(=O)OC(C)(C)C)CC2c2cccc(Cl)c2)n1. The Labute approximate surface area is 164 Å². The van der Waals surface area contributed by atoms with E-state index in [1.165, 1.54) is 0 Å². The summed E-state index contributed by atoms with van der Waals surface area (Å²) >= 11 is 6.19. The van der Waals surface area contributed by atoms with Crippen LogP contribution >= 0.6 is 11.6 Å². The third-order valence-corrected chi connectivity index (χ3v) is 4.77. The van der Waals surface area contributed by atoms with E-state index in [-0.39, 0.29) is 23.8 Å². The maximum atomic E-state index is 12.6. The average molecular weight is 392 g/mol. The predicted molar refractivity (Wildman–Crippen MR) is 103 cm³/mol. The predicted octanol–water partition coefficient (Wildman–Crippen LogP) is 4.96. The Balaban J connectivity index is 1.90. The van der Waals surface area contributed by atoms with E-state index in [2.05, 4.69) is 10.1 Å². The highest BCUT2D eigenvalue weighted by Gasteiger charge is 2.41. The van der Waals surface area contributed by atoms with Gasteiger partial charge in [0.2, 0.25) is 5.89 Å². The molecule has 2 unspecified atom stereocenters. The van der Waals surface area contributed by atoms with Crippen LogP contribution in [0.25, 0.3) is 0 Å². The van der Waals surface area contributed by atoms with E-state index in [0.717, 1.165) is 5.56 Å². The second-order valence-corrected chi connectivity index (χ2v) is 8.74. The number of hydrogen-bond donors (Lipinski definition) is 0. The highest BCUT2D eigenvalue weighted by Crippen LogP contribution is 2.40. The summed E-state index contributed by atoms with van der Waals surface area (Å²) in [6, 6.07) is 7.70. The zero-order valence-electron chi connectivity index (χ0n) is 16.4. The van der Waals surface area contributed by atoms with Crippen LogP contribution in [-0.4, -0.2) is 39.8 Å². The van der Waals surface area contributed by atoms with Crippen molar-refractivity contribution < 1.29 is 14.1 Å². The number of rotatable bonds is 3. The van der Waals surface area contributed by atoms with Gasteiger partial charge in [-0.25, -0.2) is 4.79 Å². The smallest absolute Gasteiger partial charge is 0.410 e. The molecule has 1 aromatic carbocycles. The van der Waals surface area contributed by atoms with E-state index < -0.39 is 5.60 Å². The van der Waals surface area contributed by atoms with Crippen molar-refractivity contribution in [3.63, 3.8) is 0 Å². The molecule has 1 aliphatic heterocycles. The fraction of sp³-hybridized carbons (Fsp3) is 0.550. The Morgan fingerprint density at radius 3 is 2.59 bits per heavy atom. The molecule has 2 atom stereocenters. The largest absolute Gasteiger partial charge is 0.444 e. The molecular weight excluding hydrogens is 366 g/mol. The van der Waals surface area contributed by atoms with Crippen molar-refractivity contribution in [1.82, 2.24) is 15.0 Å². The van der Waals surface area contributed by atoms with Gasteiger partial charge in [-0.05, 0) is 38.5 Å². The molecule has 0 aliphatic carbocycles. The molecule has 1 aromatic heterocycles. The minimum absolute atomic E-state index is 0.0108. The van der Waals surface area contributed by atoms with E-state index >= 15 is 0 Å². The number of carbonyl (C=O) groups is 1. The second kappa shape index (κ2) is 7.50. The molecule has 27 heavy (non-hydrogen) atoms. The quantitative estimate of drug-likeness (QED) is 0.739. The van der Waals surface area contributed by atoms with Gasteiger partial charge < -0.3 is 14.2 Å². The van der Waals surface area contributed by atoms with Crippen molar-refractivity contribution >= 4 is 17.7 Å². The summed E-state index contributed by atoms with van der Waals surface area (Å²) in [5.41, 5.74) is 0.499. The van der Waals surface area contributed by atoms with Gasteiger partial charge in [0.1, 0.15) is 5.60 Å². The summed E-state index contributed by atoms with van der Waals surface area (Å²) < 4.78 is 11.1. The third kappa shape index (κ3) is 4.61. The van der Waals surface area contributed by atoms with Crippen LogP contribution < -0.4 is 0 Å². The molecule has 1 fully saturated rings. The lowest BCUT2D eigenvalue weighted by Crippen LogP contribution is -2.35. The maximum absolute atomic E-state index is 12.6. The van der Waals surface area contributed by atoms with E-state index in [0.29, 0.717) is 29.8 Å². The molecule has 3 rings (SSSR count). The Morgan fingerprint density at radius 2 is 2.00 bits per heavy atom. The average Bonchev–Trinajstić information content (AvgIpc) is 3.20. The number of hydrogen-bond acceptors (Lipinski definition) is 5. The summed E-state index contributed by atoms with van der Waals surface area (Å²) in [5.74, 6) is 1.31. The topological polar surface area (TPSA) is 68.5 Å². The van der Waals surface area contributed by atoms with Gasteiger partial charge in [0, 0.05) is 29.9 Å². The molecule has 1 aliphatic rings. The maximum Gasteiger partial charge on any atom is 0.410 e. The number of carbonyl (C=O) groups excluding carboxylic acids is 1. The van der Waals surface area contributed by atoms with E-state index in [1.807, 2.05) is 58.9 Å². The summed E-state index contributed by atoms with van der Waals surface area (Å²) in [5, 5.41) is 4.75. The van der Waals surface area contributed by atoms with Gasteiger partial charge in [-0.2, -0.15) is 4.98 Å². The van der Waals surface area contributed by atoms with Gasteiger partial charge in [-0.3, -0.25) is 0 Å². The van der Waals surface area contributed by atoms with Crippen molar-refractivity contribution in [3.05, 3.63) is 46.6 Å².